The number of aromatic amines is 1. The van der Waals surface area contributed by atoms with Crippen LogP contribution in [-0.2, 0) is 0 Å². The molecule has 0 radical (unpaired) electrons. The van der Waals surface area contributed by atoms with Gasteiger partial charge in [0.15, 0.2) is 5.82 Å². The van der Waals surface area contributed by atoms with Crippen molar-refractivity contribution in [3.05, 3.63) is 249 Å². The van der Waals surface area contributed by atoms with Gasteiger partial charge >= 0.3 is 0 Å². The quantitative estimate of drug-likeness (QED) is 0.157. The lowest BCUT2D eigenvalue weighted by molar-refractivity contribution is 1.18. The second-order valence-electron chi connectivity index (χ2n) is 16.8. The summed E-state index contributed by atoms with van der Waals surface area (Å²) in [6, 6.07) is 87.6. The molecule has 314 valence electrons. The number of nitrogens with zero attached hydrogens (tertiary/aromatic N) is 3. The predicted molar refractivity (Wildman–Crippen MR) is 278 cm³/mol. The molecule has 0 unspecified atom stereocenters. The zero-order valence-corrected chi connectivity index (χ0v) is 36.5. The van der Waals surface area contributed by atoms with E-state index in [4.69, 9.17) is 15.0 Å². The van der Waals surface area contributed by atoms with E-state index in [-0.39, 0.29) is 0 Å². The van der Waals surface area contributed by atoms with Gasteiger partial charge in [-0.15, -0.1) is 0 Å². The molecule has 1 N–H and O–H groups in total. The van der Waals surface area contributed by atoms with Gasteiger partial charge in [0.1, 0.15) is 0 Å². The summed E-state index contributed by atoms with van der Waals surface area (Å²) in [5, 5.41) is 2.43. The Labute approximate surface area is 389 Å². The molecule has 4 nitrogen and oxygen atoms in total. The van der Waals surface area contributed by atoms with Crippen LogP contribution in [0.2, 0.25) is 0 Å². The van der Waals surface area contributed by atoms with E-state index in [1.54, 1.807) is 0 Å². The van der Waals surface area contributed by atoms with Gasteiger partial charge in [-0.1, -0.05) is 224 Å². The number of fused-ring (bicyclic) bond motifs is 3. The van der Waals surface area contributed by atoms with Crippen LogP contribution >= 0.6 is 0 Å². The second kappa shape index (κ2) is 17.2. The molecular formula is C63H42N4. The van der Waals surface area contributed by atoms with Crippen molar-refractivity contribution in [1.29, 1.82) is 0 Å². The van der Waals surface area contributed by atoms with Crippen LogP contribution in [0.3, 0.4) is 0 Å². The Morgan fingerprint density at radius 1 is 0.269 bits per heavy atom. The maximum absolute atomic E-state index is 5.66. The summed E-state index contributed by atoms with van der Waals surface area (Å²) in [5.74, 6) is 0.665. The fraction of sp³-hybridized carbons (Fsp3) is 0. The van der Waals surface area contributed by atoms with Crippen LogP contribution in [0.5, 0.6) is 0 Å². The molecule has 3 heterocycles. The van der Waals surface area contributed by atoms with E-state index >= 15 is 0 Å². The Bertz CT molecular complexity index is 3610. The summed E-state index contributed by atoms with van der Waals surface area (Å²) in [6.45, 7) is 0. The molecule has 4 heteroatoms. The molecular weight excluding hydrogens is 813 g/mol. The third-order valence-electron chi connectivity index (χ3n) is 12.6. The van der Waals surface area contributed by atoms with E-state index in [9.17, 15) is 0 Å². The van der Waals surface area contributed by atoms with E-state index < -0.39 is 0 Å². The lowest BCUT2D eigenvalue weighted by Crippen LogP contribution is -2.02. The maximum Gasteiger partial charge on any atom is 0.160 e. The minimum atomic E-state index is 0.665. The van der Waals surface area contributed by atoms with E-state index in [0.29, 0.717) is 5.82 Å². The molecule has 12 rings (SSSR count). The van der Waals surface area contributed by atoms with Gasteiger partial charge in [0, 0.05) is 66.4 Å². The first-order valence-electron chi connectivity index (χ1n) is 22.7. The third-order valence-corrected chi connectivity index (χ3v) is 12.6. The largest absolute Gasteiger partial charge is 0.354 e. The van der Waals surface area contributed by atoms with Crippen LogP contribution < -0.4 is 0 Å². The first-order valence-corrected chi connectivity index (χ1v) is 22.7. The van der Waals surface area contributed by atoms with Gasteiger partial charge in [0.2, 0.25) is 0 Å². The van der Waals surface area contributed by atoms with Crippen molar-refractivity contribution >= 4 is 21.8 Å². The van der Waals surface area contributed by atoms with Gasteiger partial charge in [-0.05, 0) is 46.5 Å². The molecule has 0 aliphatic carbocycles. The van der Waals surface area contributed by atoms with Crippen LogP contribution in [0.25, 0.3) is 123 Å². The summed E-state index contributed by atoms with van der Waals surface area (Å²) in [7, 11) is 0. The summed E-state index contributed by atoms with van der Waals surface area (Å²) in [6.07, 6.45) is 0. The summed E-state index contributed by atoms with van der Waals surface area (Å²) >= 11 is 0. The fourth-order valence-electron chi connectivity index (χ4n) is 9.51. The fourth-order valence-corrected chi connectivity index (χ4v) is 9.51. The first-order chi connectivity index (χ1) is 33.2. The molecule has 0 saturated carbocycles. The molecule has 0 atom stereocenters. The molecule has 0 aliphatic rings. The van der Waals surface area contributed by atoms with E-state index in [1.165, 1.54) is 10.8 Å². The highest BCUT2D eigenvalue weighted by Crippen LogP contribution is 2.49. The Morgan fingerprint density at radius 3 is 1.25 bits per heavy atom. The number of pyridine rings is 1. The van der Waals surface area contributed by atoms with Crippen LogP contribution in [0.15, 0.2) is 249 Å². The molecule has 12 aromatic rings. The van der Waals surface area contributed by atoms with Gasteiger partial charge in [-0.2, -0.15) is 0 Å². The number of nitrogens with one attached hydrogen (secondary N) is 1. The van der Waals surface area contributed by atoms with Crippen molar-refractivity contribution < 1.29 is 0 Å². The normalized spacial score (nSPS) is 11.3. The monoisotopic (exact) mass is 854 g/mol. The van der Waals surface area contributed by atoms with Crippen molar-refractivity contribution in [2.45, 2.75) is 0 Å². The summed E-state index contributed by atoms with van der Waals surface area (Å²) < 4.78 is 0. The van der Waals surface area contributed by atoms with Crippen molar-refractivity contribution in [2.24, 2.45) is 0 Å². The van der Waals surface area contributed by atoms with E-state index in [2.05, 4.69) is 236 Å². The Balaban J connectivity index is 1.09. The number of H-pyrrole nitrogens is 1. The lowest BCUT2D eigenvalue weighted by Gasteiger charge is -2.23. The smallest absolute Gasteiger partial charge is 0.160 e. The average Bonchev–Trinajstić information content (AvgIpc) is 3.80. The molecule has 67 heavy (non-hydrogen) atoms. The van der Waals surface area contributed by atoms with Crippen molar-refractivity contribution in [3.63, 3.8) is 0 Å². The highest BCUT2D eigenvalue weighted by molar-refractivity contribution is 6.12. The molecule has 0 fully saturated rings. The molecule has 3 aromatic heterocycles. The van der Waals surface area contributed by atoms with Crippen molar-refractivity contribution in [1.82, 2.24) is 19.9 Å². The molecule has 0 saturated heterocycles. The molecule has 9 aromatic carbocycles. The number of hydrogen-bond acceptors (Lipinski definition) is 3. The Hall–Kier alpha value is -8.99. The lowest BCUT2D eigenvalue weighted by atomic mass is 9.83. The Kier molecular flexibility index (Phi) is 10.2. The van der Waals surface area contributed by atoms with Gasteiger partial charge in [0.25, 0.3) is 0 Å². The molecule has 0 bridgehead atoms. The summed E-state index contributed by atoms with van der Waals surface area (Å²) in [5.41, 5.74) is 19.5. The molecule has 0 aliphatic heterocycles. The Morgan fingerprint density at radius 2 is 0.687 bits per heavy atom. The average molecular weight is 855 g/mol. The standard InChI is InChI=1S/C63H42N4/c1-6-21-42(22-7-1)58-57(59(43-23-8-2-9-24-43)61(45-27-12-4-13-28-45)67-60(58)44-25-10-3-11-26-44)50-34-19-33-49(40-50)56-41-55(65-63(66-56)46-29-14-5-15-30-46)48-32-18-31-47(39-48)51-36-20-37-53-52-35-16-17-38-54(52)64-62(51)53/h1-41,64H. The van der Waals surface area contributed by atoms with E-state index in [0.717, 1.165) is 106 Å². The number of hydrogen-bond donors (Lipinski definition) is 1. The SMILES string of the molecule is c1ccc(-c2nc(-c3cccc(-c4c(-c5ccccc5)c(-c5ccccc5)nc(-c5ccccc5)c4-c4ccccc4)c3)cc(-c3cccc(-c4cccc5c4[nH]c4ccccc45)c3)n2)cc1. The van der Waals surface area contributed by atoms with Gasteiger partial charge in [0.05, 0.1) is 28.3 Å². The van der Waals surface area contributed by atoms with Crippen LogP contribution in [0, 0.1) is 0 Å². The third kappa shape index (κ3) is 7.47. The topological polar surface area (TPSA) is 54.5 Å². The highest BCUT2D eigenvalue weighted by Gasteiger charge is 2.26. The maximum atomic E-state index is 5.66. The highest BCUT2D eigenvalue weighted by atomic mass is 14.9. The van der Waals surface area contributed by atoms with Gasteiger partial charge in [-0.25, -0.2) is 15.0 Å². The number of benzene rings is 9. The second-order valence-corrected chi connectivity index (χ2v) is 16.8. The number of para-hydroxylation sites is 2. The minimum Gasteiger partial charge on any atom is -0.354 e. The van der Waals surface area contributed by atoms with Crippen LogP contribution in [-0.4, -0.2) is 19.9 Å². The predicted octanol–water partition coefficient (Wildman–Crippen LogP) is 16.5. The van der Waals surface area contributed by atoms with Crippen molar-refractivity contribution in [3.8, 4) is 101 Å². The van der Waals surface area contributed by atoms with E-state index in [1.807, 2.05) is 18.2 Å². The minimum absolute atomic E-state index is 0.665. The number of aromatic nitrogens is 4. The first kappa shape index (κ1) is 39.6. The number of rotatable bonds is 9. The zero-order chi connectivity index (χ0) is 44.5. The molecule has 0 spiro atoms. The zero-order valence-electron chi connectivity index (χ0n) is 36.5. The van der Waals surface area contributed by atoms with Gasteiger partial charge < -0.3 is 4.98 Å². The summed E-state index contributed by atoms with van der Waals surface area (Å²) in [4.78, 5) is 20.0. The van der Waals surface area contributed by atoms with Crippen LogP contribution in [0.1, 0.15) is 0 Å². The van der Waals surface area contributed by atoms with Crippen molar-refractivity contribution in [2.75, 3.05) is 0 Å². The van der Waals surface area contributed by atoms with Gasteiger partial charge in [-0.3, -0.25) is 0 Å². The van der Waals surface area contributed by atoms with Crippen LogP contribution in [0.4, 0.5) is 0 Å². The molecule has 0 amide bonds.